The number of carbonyl (C=O) groups is 1. The van der Waals surface area contributed by atoms with Gasteiger partial charge in [0.15, 0.2) is 0 Å². The van der Waals surface area contributed by atoms with Crippen molar-refractivity contribution in [2.75, 3.05) is 19.7 Å². The molecule has 7 heteroatoms. The Morgan fingerprint density at radius 3 is 2.41 bits per heavy atom. The molecule has 0 heterocycles. The maximum absolute atomic E-state index is 12.7. The molecule has 124 valence electrons. The van der Waals surface area contributed by atoms with Gasteiger partial charge in [0.2, 0.25) is 0 Å². The first-order valence-corrected chi connectivity index (χ1v) is 6.97. The van der Waals surface area contributed by atoms with Crippen LogP contribution in [0.4, 0.5) is 18.0 Å². The lowest BCUT2D eigenvalue weighted by atomic mass is 9.84. The molecule has 0 aliphatic rings. The van der Waals surface area contributed by atoms with Gasteiger partial charge in [-0.1, -0.05) is 32.0 Å². The van der Waals surface area contributed by atoms with Crippen molar-refractivity contribution >= 4 is 6.03 Å². The van der Waals surface area contributed by atoms with Crippen molar-refractivity contribution in [3.05, 3.63) is 35.4 Å². The van der Waals surface area contributed by atoms with Crippen molar-refractivity contribution in [3.8, 4) is 0 Å². The predicted molar refractivity (Wildman–Crippen MR) is 77.6 cm³/mol. The summed E-state index contributed by atoms with van der Waals surface area (Å²) in [4.78, 5) is 11.5. The molecule has 0 aromatic heterocycles. The Kier molecular flexibility index (Phi) is 6.22. The minimum atomic E-state index is -4.39. The van der Waals surface area contributed by atoms with Crippen LogP contribution in [-0.2, 0) is 11.6 Å². The lowest BCUT2D eigenvalue weighted by Crippen LogP contribution is -2.42. The summed E-state index contributed by atoms with van der Waals surface area (Å²) in [5, 5.41) is 13.8. The molecule has 0 saturated heterocycles. The first-order chi connectivity index (χ1) is 10.2. The van der Waals surface area contributed by atoms with Crippen molar-refractivity contribution in [1.29, 1.82) is 0 Å². The molecule has 0 atom stereocenters. The molecule has 0 bridgehead atoms. The number of aliphatic hydroxyl groups is 1. The highest BCUT2D eigenvalue weighted by atomic mass is 19.4. The fraction of sp³-hybridized carbons (Fsp3) is 0.533. The second-order valence-corrected chi connectivity index (χ2v) is 5.65. The average Bonchev–Trinajstić information content (AvgIpc) is 2.45. The van der Waals surface area contributed by atoms with Gasteiger partial charge in [0.1, 0.15) is 0 Å². The predicted octanol–water partition coefficient (Wildman–Crippen LogP) is 2.66. The van der Waals surface area contributed by atoms with E-state index < -0.39 is 23.2 Å². The summed E-state index contributed by atoms with van der Waals surface area (Å²) < 4.78 is 38.2. The van der Waals surface area contributed by atoms with Crippen LogP contribution in [0.1, 0.15) is 31.4 Å². The number of benzene rings is 1. The Morgan fingerprint density at radius 2 is 1.82 bits per heavy atom. The van der Waals surface area contributed by atoms with Gasteiger partial charge < -0.3 is 15.7 Å². The molecule has 0 unspecified atom stereocenters. The number of hydrogen-bond acceptors (Lipinski definition) is 2. The third-order valence-electron chi connectivity index (χ3n) is 3.28. The van der Waals surface area contributed by atoms with Crippen LogP contribution in [0, 0.1) is 0 Å². The van der Waals surface area contributed by atoms with Crippen LogP contribution in [0.2, 0.25) is 0 Å². The molecule has 1 aromatic carbocycles. The summed E-state index contributed by atoms with van der Waals surface area (Å²) in [6.45, 7) is 4.04. The first kappa shape index (κ1) is 18.3. The average molecular weight is 318 g/mol. The number of alkyl halides is 3. The lowest BCUT2D eigenvalue weighted by Gasteiger charge is -2.26. The minimum absolute atomic E-state index is 0.0178. The fourth-order valence-corrected chi connectivity index (χ4v) is 1.86. The van der Waals surface area contributed by atoms with Gasteiger partial charge in [0.05, 0.1) is 5.56 Å². The number of rotatable bonds is 6. The van der Waals surface area contributed by atoms with Crippen LogP contribution in [0.5, 0.6) is 0 Å². The Hall–Kier alpha value is -1.76. The van der Waals surface area contributed by atoms with Gasteiger partial charge in [-0.3, -0.25) is 0 Å². The number of amides is 2. The summed E-state index contributed by atoms with van der Waals surface area (Å²) in [5.41, 5.74) is -0.848. The molecule has 0 aliphatic carbocycles. The third-order valence-corrected chi connectivity index (χ3v) is 3.28. The van der Waals surface area contributed by atoms with E-state index in [2.05, 4.69) is 10.6 Å². The van der Waals surface area contributed by atoms with Gasteiger partial charge >= 0.3 is 12.2 Å². The van der Waals surface area contributed by atoms with E-state index in [1.165, 1.54) is 6.07 Å². The molecule has 0 spiro atoms. The zero-order valence-electron chi connectivity index (χ0n) is 12.6. The molecular weight excluding hydrogens is 297 g/mol. The second-order valence-electron chi connectivity index (χ2n) is 5.65. The maximum atomic E-state index is 12.7. The molecule has 0 radical (unpaired) electrons. The van der Waals surface area contributed by atoms with E-state index in [0.29, 0.717) is 18.5 Å². The zero-order valence-corrected chi connectivity index (χ0v) is 12.6. The number of aliphatic hydroxyl groups excluding tert-OH is 1. The summed E-state index contributed by atoms with van der Waals surface area (Å²) in [6, 6.07) is 4.69. The van der Waals surface area contributed by atoms with Crippen LogP contribution in [-0.4, -0.2) is 30.8 Å². The highest BCUT2D eigenvalue weighted by Gasteiger charge is 2.32. The number of hydrogen-bond donors (Lipinski definition) is 3. The molecule has 0 fully saturated rings. The Bertz CT molecular complexity index is 502. The number of carbonyl (C=O) groups excluding carboxylic acids is 1. The third kappa shape index (κ3) is 5.55. The summed E-state index contributed by atoms with van der Waals surface area (Å²) in [6.07, 6.45) is -3.94. The Balaban J connectivity index is 2.68. The zero-order chi connectivity index (χ0) is 16.8. The van der Waals surface area contributed by atoms with E-state index in [-0.39, 0.29) is 13.2 Å². The van der Waals surface area contributed by atoms with Crippen LogP contribution < -0.4 is 10.6 Å². The van der Waals surface area contributed by atoms with E-state index in [9.17, 15) is 18.0 Å². The number of halogens is 3. The standard InChI is InChI=1S/C15H21F3N2O2/c1-14(2,10-20-13(22)19-7-4-8-21)11-5-3-6-12(9-11)15(16,17)18/h3,5-6,9,21H,4,7-8,10H2,1-2H3,(H2,19,20,22). The molecule has 2 amide bonds. The van der Waals surface area contributed by atoms with Crippen molar-refractivity contribution in [3.63, 3.8) is 0 Å². The quantitative estimate of drug-likeness (QED) is 0.706. The normalized spacial score (nSPS) is 12.1. The van der Waals surface area contributed by atoms with Gasteiger partial charge in [0, 0.05) is 25.1 Å². The van der Waals surface area contributed by atoms with Gasteiger partial charge in [-0.2, -0.15) is 13.2 Å². The SMILES string of the molecule is CC(C)(CNC(=O)NCCCO)c1cccc(C(F)(F)F)c1. The van der Waals surface area contributed by atoms with Gasteiger partial charge in [-0.05, 0) is 18.1 Å². The molecule has 0 saturated carbocycles. The molecular formula is C15H21F3N2O2. The first-order valence-electron chi connectivity index (χ1n) is 6.97. The van der Waals surface area contributed by atoms with Crippen LogP contribution in [0.25, 0.3) is 0 Å². The van der Waals surface area contributed by atoms with E-state index in [4.69, 9.17) is 5.11 Å². The largest absolute Gasteiger partial charge is 0.416 e. The summed E-state index contributed by atoms with van der Waals surface area (Å²) >= 11 is 0. The fourth-order valence-electron chi connectivity index (χ4n) is 1.86. The van der Waals surface area contributed by atoms with E-state index in [1.54, 1.807) is 19.9 Å². The number of urea groups is 1. The highest BCUT2D eigenvalue weighted by molar-refractivity contribution is 5.73. The molecule has 3 N–H and O–H groups in total. The Morgan fingerprint density at radius 1 is 1.18 bits per heavy atom. The summed E-state index contributed by atoms with van der Waals surface area (Å²) in [7, 11) is 0. The highest BCUT2D eigenvalue weighted by Crippen LogP contribution is 2.32. The van der Waals surface area contributed by atoms with Gasteiger partial charge in [0.25, 0.3) is 0 Å². The second kappa shape index (κ2) is 7.49. The van der Waals surface area contributed by atoms with Crippen LogP contribution >= 0.6 is 0 Å². The van der Waals surface area contributed by atoms with Crippen molar-refractivity contribution in [2.45, 2.75) is 31.9 Å². The summed E-state index contributed by atoms with van der Waals surface area (Å²) in [5.74, 6) is 0. The number of nitrogens with one attached hydrogen (secondary N) is 2. The van der Waals surface area contributed by atoms with Crippen molar-refractivity contribution in [1.82, 2.24) is 10.6 Å². The molecule has 1 aromatic rings. The van der Waals surface area contributed by atoms with E-state index in [0.717, 1.165) is 12.1 Å². The van der Waals surface area contributed by atoms with Crippen molar-refractivity contribution in [2.24, 2.45) is 0 Å². The van der Waals surface area contributed by atoms with Crippen LogP contribution in [0.15, 0.2) is 24.3 Å². The minimum Gasteiger partial charge on any atom is -0.396 e. The molecule has 22 heavy (non-hydrogen) atoms. The van der Waals surface area contributed by atoms with Crippen molar-refractivity contribution < 1.29 is 23.1 Å². The van der Waals surface area contributed by atoms with Crippen LogP contribution in [0.3, 0.4) is 0 Å². The van der Waals surface area contributed by atoms with Gasteiger partial charge in [-0.25, -0.2) is 4.79 Å². The smallest absolute Gasteiger partial charge is 0.396 e. The van der Waals surface area contributed by atoms with Gasteiger partial charge in [-0.15, -0.1) is 0 Å². The topological polar surface area (TPSA) is 61.4 Å². The molecule has 4 nitrogen and oxygen atoms in total. The van der Waals surface area contributed by atoms with E-state index >= 15 is 0 Å². The molecule has 0 aliphatic heterocycles. The Labute approximate surface area is 127 Å². The monoisotopic (exact) mass is 318 g/mol. The van der Waals surface area contributed by atoms with E-state index in [1.807, 2.05) is 0 Å². The lowest BCUT2D eigenvalue weighted by molar-refractivity contribution is -0.137. The maximum Gasteiger partial charge on any atom is 0.416 e. The molecule has 1 rings (SSSR count).